The van der Waals surface area contributed by atoms with Gasteiger partial charge in [0.2, 0.25) is 12.7 Å². The molecular formula is C23H27FN2O9S. The molecule has 1 aliphatic carbocycles. The SMILES string of the molecule is CC(=O)N(C[C@H]1CN(c2ccc(C3CCS(=O)(=O)CC3)c(F)c2)C(=O)O1)C(=O)OCOC(=O)C1CC1. The molecule has 2 heterocycles. The summed E-state index contributed by atoms with van der Waals surface area (Å²) >= 11 is 0. The van der Waals surface area contributed by atoms with Crippen LogP contribution in [0.2, 0.25) is 0 Å². The van der Waals surface area contributed by atoms with Gasteiger partial charge in [-0.25, -0.2) is 27.3 Å². The lowest BCUT2D eigenvalue weighted by molar-refractivity contribution is -0.154. The number of nitrogens with zero attached hydrogens (tertiary/aromatic N) is 2. The molecule has 2 saturated heterocycles. The van der Waals surface area contributed by atoms with E-state index < -0.39 is 52.6 Å². The second-order valence-corrected chi connectivity index (χ2v) is 11.4. The van der Waals surface area contributed by atoms with Gasteiger partial charge in [-0.15, -0.1) is 0 Å². The molecule has 3 amide bonds. The summed E-state index contributed by atoms with van der Waals surface area (Å²) in [5.41, 5.74) is 0.627. The Morgan fingerprint density at radius 1 is 1.14 bits per heavy atom. The van der Waals surface area contributed by atoms with Crippen LogP contribution < -0.4 is 4.90 Å². The number of amides is 3. The third-order valence-corrected chi connectivity index (χ3v) is 8.16. The van der Waals surface area contributed by atoms with Crippen molar-refractivity contribution in [3.8, 4) is 0 Å². The molecule has 0 bridgehead atoms. The van der Waals surface area contributed by atoms with Crippen molar-refractivity contribution in [2.75, 3.05) is 36.3 Å². The number of hydrogen-bond acceptors (Lipinski definition) is 9. The molecule has 0 radical (unpaired) electrons. The van der Waals surface area contributed by atoms with Gasteiger partial charge < -0.3 is 14.2 Å². The van der Waals surface area contributed by atoms with Crippen LogP contribution >= 0.6 is 0 Å². The summed E-state index contributed by atoms with van der Waals surface area (Å²) in [5, 5.41) is 0. The number of imide groups is 1. The van der Waals surface area contributed by atoms with E-state index in [0.29, 0.717) is 18.4 Å². The zero-order valence-corrected chi connectivity index (χ0v) is 20.5. The molecule has 2 aliphatic heterocycles. The number of sulfone groups is 1. The zero-order valence-electron chi connectivity index (χ0n) is 19.7. The number of ether oxygens (including phenoxy) is 3. The van der Waals surface area contributed by atoms with Gasteiger partial charge in [0.05, 0.1) is 36.2 Å². The summed E-state index contributed by atoms with van der Waals surface area (Å²) in [6.45, 7) is 0.154. The van der Waals surface area contributed by atoms with Crippen molar-refractivity contribution < 1.29 is 46.2 Å². The molecule has 1 aromatic rings. The van der Waals surface area contributed by atoms with E-state index in [9.17, 15) is 32.0 Å². The van der Waals surface area contributed by atoms with Gasteiger partial charge in [-0.1, -0.05) is 6.07 Å². The number of carbonyl (C=O) groups excluding carboxylic acids is 4. The fourth-order valence-corrected chi connectivity index (χ4v) is 5.72. The maximum Gasteiger partial charge on any atom is 0.419 e. The molecule has 13 heteroatoms. The minimum Gasteiger partial charge on any atom is -0.442 e. The van der Waals surface area contributed by atoms with Crippen LogP contribution in [0.3, 0.4) is 0 Å². The van der Waals surface area contributed by atoms with Crippen molar-refractivity contribution in [1.82, 2.24) is 4.90 Å². The largest absolute Gasteiger partial charge is 0.442 e. The van der Waals surface area contributed by atoms with E-state index >= 15 is 0 Å². The molecule has 0 unspecified atom stereocenters. The molecule has 1 atom stereocenters. The molecule has 1 aromatic carbocycles. The van der Waals surface area contributed by atoms with Gasteiger partial charge in [-0.2, -0.15) is 0 Å². The summed E-state index contributed by atoms with van der Waals surface area (Å²) in [5.74, 6) is -2.05. The minimum atomic E-state index is -3.08. The van der Waals surface area contributed by atoms with E-state index in [1.165, 1.54) is 17.0 Å². The Balaban J connectivity index is 1.34. The fourth-order valence-electron chi connectivity index (χ4n) is 4.23. The van der Waals surface area contributed by atoms with Gasteiger partial charge >= 0.3 is 18.2 Å². The van der Waals surface area contributed by atoms with Crippen LogP contribution in [0, 0.1) is 11.7 Å². The van der Waals surface area contributed by atoms with E-state index in [0.717, 1.165) is 24.7 Å². The van der Waals surface area contributed by atoms with Crippen LogP contribution in [0.1, 0.15) is 44.1 Å². The van der Waals surface area contributed by atoms with Crippen LogP contribution in [0.4, 0.5) is 19.7 Å². The maximum atomic E-state index is 14.9. The molecule has 3 fully saturated rings. The number of esters is 1. The Morgan fingerprint density at radius 2 is 1.83 bits per heavy atom. The highest BCUT2D eigenvalue weighted by Crippen LogP contribution is 2.33. The molecule has 36 heavy (non-hydrogen) atoms. The monoisotopic (exact) mass is 526 g/mol. The minimum absolute atomic E-state index is 0.0109. The standard InChI is InChI=1S/C23H27FN2O9S/c1-14(27)25(22(29)34-13-33-21(28)16-2-3-16)11-18-12-26(23(30)35-18)17-4-5-19(20(24)10-17)15-6-8-36(31,32)9-7-15/h4-5,10,15-16,18H,2-3,6-9,11-13H2,1H3/t18-/m0/s1. The Kier molecular flexibility index (Phi) is 7.48. The molecule has 196 valence electrons. The number of cyclic esters (lactones) is 1. The van der Waals surface area contributed by atoms with Crippen LogP contribution in [0.5, 0.6) is 0 Å². The molecule has 4 rings (SSSR count). The highest BCUT2D eigenvalue weighted by Gasteiger charge is 2.37. The Bertz CT molecular complexity index is 1150. The Morgan fingerprint density at radius 3 is 2.44 bits per heavy atom. The highest BCUT2D eigenvalue weighted by atomic mass is 32.2. The van der Waals surface area contributed by atoms with Crippen molar-refractivity contribution in [2.24, 2.45) is 5.92 Å². The first-order valence-corrected chi connectivity index (χ1v) is 13.5. The number of carbonyl (C=O) groups is 4. The van der Waals surface area contributed by atoms with Gasteiger partial charge in [0, 0.05) is 6.92 Å². The number of anilines is 1. The number of benzene rings is 1. The van der Waals surface area contributed by atoms with Crippen molar-refractivity contribution in [3.05, 3.63) is 29.6 Å². The summed E-state index contributed by atoms with van der Waals surface area (Å²) in [6, 6.07) is 4.28. The number of hydrogen-bond donors (Lipinski definition) is 0. The molecule has 0 aromatic heterocycles. The summed E-state index contributed by atoms with van der Waals surface area (Å²) in [6.07, 6.45) is -0.585. The fraction of sp³-hybridized carbons (Fsp3) is 0.565. The Hall–Kier alpha value is -3.22. The predicted molar refractivity (Wildman–Crippen MR) is 122 cm³/mol. The summed E-state index contributed by atoms with van der Waals surface area (Å²) in [4.78, 5) is 50.1. The van der Waals surface area contributed by atoms with Crippen LogP contribution in [-0.2, 0) is 33.6 Å². The van der Waals surface area contributed by atoms with E-state index in [2.05, 4.69) is 0 Å². The maximum absolute atomic E-state index is 14.9. The third kappa shape index (κ3) is 6.12. The quantitative estimate of drug-likeness (QED) is 0.387. The molecule has 11 nitrogen and oxygen atoms in total. The van der Waals surface area contributed by atoms with E-state index in [-0.39, 0.29) is 42.1 Å². The number of rotatable bonds is 7. The first-order chi connectivity index (χ1) is 17.0. The third-order valence-electron chi connectivity index (χ3n) is 6.45. The van der Waals surface area contributed by atoms with Crippen molar-refractivity contribution in [3.63, 3.8) is 0 Å². The van der Waals surface area contributed by atoms with Gasteiger partial charge in [0.1, 0.15) is 21.8 Å². The first-order valence-electron chi connectivity index (χ1n) is 11.6. The average molecular weight is 527 g/mol. The molecular weight excluding hydrogens is 499 g/mol. The van der Waals surface area contributed by atoms with E-state index in [1.54, 1.807) is 6.07 Å². The lowest BCUT2D eigenvalue weighted by atomic mass is 9.93. The zero-order chi connectivity index (χ0) is 26.0. The van der Waals surface area contributed by atoms with Gasteiger partial charge in [-0.3, -0.25) is 14.5 Å². The van der Waals surface area contributed by atoms with Gasteiger partial charge in [0.15, 0.2) is 0 Å². The highest BCUT2D eigenvalue weighted by molar-refractivity contribution is 7.91. The first kappa shape index (κ1) is 25.9. The van der Waals surface area contributed by atoms with Crippen molar-refractivity contribution in [2.45, 2.75) is 44.6 Å². The second kappa shape index (κ2) is 10.4. The molecule has 0 spiro atoms. The topological polar surface area (TPSA) is 137 Å². The lowest BCUT2D eigenvalue weighted by Gasteiger charge is -2.23. The van der Waals surface area contributed by atoms with Crippen LogP contribution in [0.15, 0.2) is 18.2 Å². The number of halogens is 1. The average Bonchev–Trinajstić information content (AvgIpc) is 3.60. The van der Waals surface area contributed by atoms with Gasteiger partial charge in [-0.05, 0) is 49.3 Å². The van der Waals surface area contributed by atoms with Crippen molar-refractivity contribution >= 4 is 39.6 Å². The van der Waals surface area contributed by atoms with E-state index in [1.807, 2.05) is 0 Å². The van der Waals surface area contributed by atoms with Gasteiger partial charge in [0.25, 0.3) is 0 Å². The van der Waals surface area contributed by atoms with E-state index in [4.69, 9.17) is 14.2 Å². The van der Waals surface area contributed by atoms with Crippen LogP contribution in [0.25, 0.3) is 0 Å². The normalized spacial score (nSPS) is 21.6. The molecule has 1 saturated carbocycles. The predicted octanol–water partition coefficient (Wildman–Crippen LogP) is 2.34. The van der Waals surface area contributed by atoms with Crippen molar-refractivity contribution in [1.29, 1.82) is 0 Å². The lowest BCUT2D eigenvalue weighted by Crippen LogP contribution is -2.42. The summed E-state index contributed by atoms with van der Waals surface area (Å²) < 4.78 is 53.1. The second-order valence-electron chi connectivity index (χ2n) is 9.14. The molecule has 0 N–H and O–H groups in total. The van der Waals surface area contributed by atoms with Crippen LogP contribution in [-0.4, -0.2) is 74.9 Å². The molecule has 3 aliphatic rings. The smallest absolute Gasteiger partial charge is 0.419 e. The summed E-state index contributed by atoms with van der Waals surface area (Å²) in [7, 11) is -3.08. The Labute approximate surface area is 207 Å².